The van der Waals surface area contributed by atoms with Gasteiger partial charge in [0.1, 0.15) is 5.82 Å². The Balaban J connectivity index is 1.79. The summed E-state index contributed by atoms with van der Waals surface area (Å²) >= 11 is 0. The van der Waals surface area contributed by atoms with Gasteiger partial charge in [-0.2, -0.15) is 0 Å². The molecular formula is C18H25FN2O3S. The lowest BCUT2D eigenvalue weighted by molar-refractivity contribution is -0.134. The summed E-state index contributed by atoms with van der Waals surface area (Å²) in [5.41, 5.74) is -0.137. The maximum Gasteiger partial charge on any atom is 0.226 e. The van der Waals surface area contributed by atoms with E-state index in [9.17, 15) is 17.6 Å². The van der Waals surface area contributed by atoms with Crippen LogP contribution in [-0.4, -0.2) is 56.9 Å². The van der Waals surface area contributed by atoms with Gasteiger partial charge in [0.15, 0.2) is 9.84 Å². The number of benzene rings is 1. The van der Waals surface area contributed by atoms with Gasteiger partial charge in [0, 0.05) is 6.04 Å². The van der Waals surface area contributed by atoms with Crippen LogP contribution in [0.2, 0.25) is 0 Å². The van der Waals surface area contributed by atoms with E-state index >= 15 is 0 Å². The smallest absolute Gasteiger partial charge is 0.226 e. The molecule has 0 bridgehead atoms. The van der Waals surface area contributed by atoms with Gasteiger partial charge in [-0.15, -0.1) is 0 Å². The third kappa shape index (κ3) is 4.20. The molecule has 2 aliphatic heterocycles. The van der Waals surface area contributed by atoms with Crippen molar-refractivity contribution in [2.45, 2.75) is 31.7 Å². The Bertz CT molecular complexity index is 742. The van der Waals surface area contributed by atoms with E-state index < -0.39 is 15.3 Å². The molecule has 5 nitrogen and oxygen atoms in total. The second kappa shape index (κ2) is 7.03. The number of piperidine rings is 1. The monoisotopic (exact) mass is 368 g/mol. The molecule has 1 amide bonds. The van der Waals surface area contributed by atoms with E-state index in [2.05, 4.69) is 10.2 Å². The third-order valence-electron chi connectivity index (χ3n) is 5.48. The molecular weight excluding hydrogens is 343 g/mol. The number of nitrogens with one attached hydrogen (secondary N) is 1. The Kier molecular flexibility index (Phi) is 5.16. The first-order valence-electron chi connectivity index (χ1n) is 8.73. The molecule has 0 spiro atoms. The van der Waals surface area contributed by atoms with Crippen LogP contribution in [0.4, 0.5) is 4.39 Å². The fourth-order valence-electron chi connectivity index (χ4n) is 3.78. The molecule has 0 aromatic heterocycles. The topological polar surface area (TPSA) is 66.5 Å². The number of halogens is 1. The van der Waals surface area contributed by atoms with Gasteiger partial charge in [-0.25, -0.2) is 12.8 Å². The van der Waals surface area contributed by atoms with Gasteiger partial charge in [0.05, 0.1) is 16.9 Å². The van der Waals surface area contributed by atoms with Crippen molar-refractivity contribution in [2.24, 2.45) is 5.41 Å². The van der Waals surface area contributed by atoms with Gasteiger partial charge in [-0.3, -0.25) is 4.79 Å². The molecule has 2 saturated heterocycles. The summed E-state index contributed by atoms with van der Waals surface area (Å²) in [7, 11) is -1.04. The Labute approximate surface area is 148 Å². The van der Waals surface area contributed by atoms with Gasteiger partial charge in [-0.1, -0.05) is 18.2 Å². The van der Waals surface area contributed by atoms with E-state index in [4.69, 9.17) is 0 Å². The second-order valence-corrected chi connectivity index (χ2v) is 9.65. The van der Waals surface area contributed by atoms with Crippen molar-refractivity contribution >= 4 is 15.7 Å². The summed E-state index contributed by atoms with van der Waals surface area (Å²) in [6.45, 7) is 1.54. The van der Waals surface area contributed by atoms with E-state index in [1.54, 1.807) is 18.2 Å². The lowest BCUT2D eigenvalue weighted by Gasteiger charge is -2.40. The zero-order valence-electron chi connectivity index (χ0n) is 14.5. The molecule has 3 rings (SSSR count). The van der Waals surface area contributed by atoms with Crippen molar-refractivity contribution in [1.82, 2.24) is 10.2 Å². The SMILES string of the molecule is CN1CCC(Cc2ccccc2F)(C(=O)NC2CCS(=O)(=O)C2)CC1. The Morgan fingerprint density at radius 1 is 1.32 bits per heavy atom. The van der Waals surface area contributed by atoms with Crippen molar-refractivity contribution in [3.05, 3.63) is 35.6 Å². The minimum Gasteiger partial charge on any atom is -0.352 e. The first kappa shape index (κ1) is 18.3. The summed E-state index contributed by atoms with van der Waals surface area (Å²) < 4.78 is 37.4. The van der Waals surface area contributed by atoms with Crippen LogP contribution in [0.3, 0.4) is 0 Å². The summed E-state index contributed by atoms with van der Waals surface area (Å²) in [5.74, 6) is -0.293. The van der Waals surface area contributed by atoms with E-state index in [1.165, 1.54) is 6.07 Å². The van der Waals surface area contributed by atoms with Crippen molar-refractivity contribution in [2.75, 3.05) is 31.6 Å². The minimum absolute atomic E-state index is 0.00835. The lowest BCUT2D eigenvalue weighted by Crippen LogP contribution is -2.52. The standard InChI is InChI=1S/C18H25FN2O3S/c1-21-9-7-18(8-10-21,12-14-4-2-3-5-16(14)19)17(22)20-15-6-11-25(23,24)13-15/h2-5,15H,6-13H2,1H3,(H,20,22). The molecule has 1 atom stereocenters. The van der Waals surface area contributed by atoms with Gasteiger partial charge < -0.3 is 10.2 Å². The number of nitrogens with zero attached hydrogens (tertiary/aromatic N) is 1. The number of carbonyl (C=O) groups is 1. The van der Waals surface area contributed by atoms with E-state index in [1.807, 2.05) is 7.05 Å². The minimum atomic E-state index is -3.05. The quantitative estimate of drug-likeness (QED) is 0.872. The molecule has 1 aromatic rings. The lowest BCUT2D eigenvalue weighted by atomic mass is 9.72. The fraction of sp³-hybridized carbons (Fsp3) is 0.611. The second-order valence-electron chi connectivity index (χ2n) is 7.43. The number of likely N-dealkylation sites (tertiary alicyclic amines) is 1. The highest BCUT2D eigenvalue weighted by atomic mass is 32.2. The molecule has 0 radical (unpaired) electrons. The van der Waals surface area contributed by atoms with Crippen LogP contribution in [0.5, 0.6) is 0 Å². The highest BCUT2D eigenvalue weighted by Crippen LogP contribution is 2.36. The molecule has 7 heteroatoms. The van der Waals surface area contributed by atoms with E-state index in [-0.39, 0.29) is 29.3 Å². The molecule has 2 aliphatic rings. The van der Waals surface area contributed by atoms with Crippen molar-refractivity contribution < 1.29 is 17.6 Å². The average molecular weight is 368 g/mol. The van der Waals surface area contributed by atoms with Gasteiger partial charge in [0.25, 0.3) is 0 Å². The summed E-state index contributed by atoms with van der Waals surface area (Å²) in [4.78, 5) is 15.2. The van der Waals surface area contributed by atoms with E-state index in [0.717, 1.165) is 13.1 Å². The van der Waals surface area contributed by atoms with Crippen LogP contribution >= 0.6 is 0 Å². The number of rotatable bonds is 4. The molecule has 138 valence electrons. The normalized spacial score (nSPS) is 25.6. The fourth-order valence-corrected chi connectivity index (χ4v) is 5.46. The Morgan fingerprint density at radius 2 is 2.00 bits per heavy atom. The third-order valence-corrected chi connectivity index (χ3v) is 7.25. The number of sulfone groups is 1. The zero-order valence-corrected chi connectivity index (χ0v) is 15.3. The molecule has 0 saturated carbocycles. The van der Waals surface area contributed by atoms with Crippen molar-refractivity contribution in [3.8, 4) is 0 Å². The highest BCUT2D eigenvalue weighted by molar-refractivity contribution is 7.91. The van der Waals surface area contributed by atoms with Crippen LogP contribution in [-0.2, 0) is 21.1 Å². The number of hydrogen-bond acceptors (Lipinski definition) is 4. The molecule has 0 aliphatic carbocycles. The largest absolute Gasteiger partial charge is 0.352 e. The number of amides is 1. The van der Waals surface area contributed by atoms with Crippen LogP contribution in [0.1, 0.15) is 24.8 Å². The Morgan fingerprint density at radius 3 is 2.60 bits per heavy atom. The first-order valence-corrected chi connectivity index (χ1v) is 10.6. The predicted octanol–water partition coefficient (Wildman–Crippen LogP) is 1.38. The summed E-state index contributed by atoms with van der Waals surface area (Å²) in [6.07, 6.45) is 2.09. The average Bonchev–Trinajstić information content (AvgIpc) is 2.90. The molecule has 2 fully saturated rings. The van der Waals surface area contributed by atoms with Gasteiger partial charge in [-0.05, 0) is 57.5 Å². The van der Waals surface area contributed by atoms with Gasteiger partial charge >= 0.3 is 0 Å². The van der Waals surface area contributed by atoms with E-state index in [0.29, 0.717) is 31.2 Å². The first-order chi connectivity index (χ1) is 11.8. The molecule has 2 heterocycles. The Hall–Kier alpha value is -1.47. The van der Waals surface area contributed by atoms with Crippen molar-refractivity contribution in [1.29, 1.82) is 0 Å². The van der Waals surface area contributed by atoms with Crippen LogP contribution in [0.25, 0.3) is 0 Å². The van der Waals surface area contributed by atoms with Crippen LogP contribution < -0.4 is 5.32 Å². The zero-order chi connectivity index (χ0) is 18.1. The maximum atomic E-state index is 14.1. The predicted molar refractivity (Wildman–Crippen MR) is 94.5 cm³/mol. The molecule has 1 unspecified atom stereocenters. The number of hydrogen-bond donors (Lipinski definition) is 1. The molecule has 25 heavy (non-hydrogen) atoms. The van der Waals surface area contributed by atoms with Gasteiger partial charge in [0.2, 0.25) is 5.91 Å². The molecule has 1 aromatic carbocycles. The van der Waals surface area contributed by atoms with Crippen LogP contribution in [0.15, 0.2) is 24.3 Å². The number of carbonyl (C=O) groups excluding carboxylic acids is 1. The van der Waals surface area contributed by atoms with Crippen LogP contribution in [0, 0.1) is 11.2 Å². The summed E-state index contributed by atoms with van der Waals surface area (Å²) in [6, 6.07) is 6.24. The molecule has 1 N–H and O–H groups in total. The van der Waals surface area contributed by atoms with Crippen molar-refractivity contribution in [3.63, 3.8) is 0 Å². The maximum absolute atomic E-state index is 14.1. The summed E-state index contributed by atoms with van der Waals surface area (Å²) in [5, 5.41) is 2.94. The highest BCUT2D eigenvalue weighted by Gasteiger charge is 2.43.